The molecule has 0 unspecified atom stereocenters. The average Bonchev–Trinajstić information content (AvgIpc) is 2.87. The minimum atomic E-state index is -4.81. The van der Waals surface area contributed by atoms with Crippen LogP contribution in [0.3, 0.4) is 0 Å². The van der Waals surface area contributed by atoms with Gasteiger partial charge in [-0.1, -0.05) is 65.4 Å². The number of aromatic hydroxyl groups is 1. The molecule has 9 heteroatoms. The number of nitrogens with one attached hydrogen (secondary N) is 1. The van der Waals surface area contributed by atoms with Crippen molar-refractivity contribution in [2.45, 2.75) is 18.3 Å². The van der Waals surface area contributed by atoms with Gasteiger partial charge in [0.05, 0.1) is 21.3 Å². The van der Waals surface area contributed by atoms with Crippen molar-refractivity contribution in [1.29, 1.82) is 0 Å². The number of hydrogen-bond donors (Lipinski definition) is 2. The number of hydrogen-bond acceptors (Lipinski definition) is 3. The molecule has 4 rings (SSSR count). The Morgan fingerprint density at radius 1 is 0.892 bits per heavy atom. The third kappa shape index (κ3) is 6.05. The first-order valence-electron chi connectivity index (χ1n) is 10.9. The maximum atomic E-state index is 14.6. The van der Waals surface area contributed by atoms with Crippen molar-refractivity contribution in [3.05, 3.63) is 129 Å². The first kappa shape index (κ1) is 26.5. The Morgan fingerprint density at radius 2 is 1.62 bits per heavy atom. The number of benzene rings is 3. The number of phenols is 1. The van der Waals surface area contributed by atoms with E-state index in [4.69, 9.17) is 23.2 Å². The Kier molecular flexibility index (Phi) is 7.74. The van der Waals surface area contributed by atoms with Gasteiger partial charge in [-0.2, -0.15) is 13.2 Å². The van der Waals surface area contributed by atoms with Crippen LogP contribution in [0, 0.1) is 17.7 Å². The molecule has 0 saturated carbocycles. The van der Waals surface area contributed by atoms with Crippen molar-refractivity contribution >= 4 is 23.2 Å². The number of alkyl halides is 3. The van der Waals surface area contributed by atoms with Gasteiger partial charge < -0.3 is 5.11 Å². The summed E-state index contributed by atoms with van der Waals surface area (Å²) in [6, 6.07) is 18.7. The zero-order chi connectivity index (χ0) is 26.6. The fourth-order valence-corrected chi connectivity index (χ4v) is 4.01. The van der Waals surface area contributed by atoms with Crippen molar-refractivity contribution < 1.29 is 22.7 Å². The van der Waals surface area contributed by atoms with E-state index in [9.17, 15) is 22.7 Å². The number of phenolic OH excluding ortho intramolecular Hbond substituents is 1. The molecule has 0 aliphatic carbocycles. The lowest BCUT2D eigenvalue weighted by Crippen LogP contribution is -2.43. The van der Waals surface area contributed by atoms with Gasteiger partial charge in [-0.25, -0.2) is 4.39 Å². The molecule has 1 atom stereocenters. The van der Waals surface area contributed by atoms with E-state index in [0.717, 1.165) is 12.1 Å². The highest BCUT2D eigenvalue weighted by Gasteiger charge is 2.38. The molecule has 1 heterocycles. The Labute approximate surface area is 220 Å². The summed E-state index contributed by atoms with van der Waals surface area (Å²) < 4.78 is 55.7. The molecule has 1 aromatic heterocycles. The van der Waals surface area contributed by atoms with Gasteiger partial charge in [0.2, 0.25) is 0 Å². The van der Waals surface area contributed by atoms with Crippen molar-refractivity contribution in [3.8, 4) is 17.6 Å². The van der Waals surface area contributed by atoms with Crippen LogP contribution in [0.15, 0.2) is 85.1 Å². The lowest BCUT2D eigenvalue weighted by atomic mass is 9.84. The zero-order valence-electron chi connectivity index (χ0n) is 19.0. The largest absolute Gasteiger partial charge is 0.506 e. The van der Waals surface area contributed by atoms with E-state index in [1.54, 1.807) is 42.5 Å². The molecule has 0 spiro atoms. The molecule has 4 aromatic rings. The van der Waals surface area contributed by atoms with Crippen LogP contribution in [0.1, 0.15) is 27.9 Å². The minimum Gasteiger partial charge on any atom is -0.506 e. The van der Waals surface area contributed by atoms with E-state index in [2.05, 4.69) is 22.1 Å². The summed E-state index contributed by atoms with van der Waals surface area (Å²) in [5.74, 6) is 4.65. The summed E-state index contributed by atoms with van der Waals surface area (Å²) in [4.78, 5) is 4.32. The molecule has 3 nitrogen and oxygen atoms in total. The number of halogens is 6. The smallest absolute Gasteiger partial charge is 0.416 e. The Bertz CT molecular complexity index is 1470. The molecule has 0 amide bonds. The summed E-state index contributed by atoms with van der Waals surface area (Å²) >= 11 is 12.1. The topological polar surface area (TPSA) is 45.1 Å². The summed E-state index contributed by atoms with van der Waals surface area (Å²) in [6.07, 6.45) is -3.49. The van der Waals surface area contributed by atoms with Crippen LogP contribution >= 0.6 is 23.2 Å². The third-order valence-electron chi connectivity index (χ3n) is 5.55. The van der Waals surface area contributed by atoms with E-state index in [1.807, 2.05) is 0 Å². The molecule has 0 fully saturated rings. The van der Waals surface area contributed by atoms with Crippen LogP contribution in [0.5, 0.6) is 5.75 Å². The second kappa shape index (κ2) is 10.8. The van der Waals surface area contributed by atoms with Crippen LogP contribution in [-0.4, -0.2) is 10.1 Å². The van der Waals surface area contributed by atoms with Crippen LogP contribution in [-0.2, 0) is 18.3 Å². The van der Waals surface area contributed by atoms with Crippen molar-refractivity contribution in [3.63, 3.8) is 0 Å². The Balaban J connectivity index is 1.98. The summed E-state index contributed by atoms with van der Waals surface area (Å²) in [7, 11) is 0. The number of para-hydroxylation sites is 1. The molecule has 37 heavy (non-hydrogen) atoms. The lowest BCUT2D eigenvalue weighted by molar-refractivity contribution is -0.137. The molecule has 3 aromatic carbocycles. The van der Waals surface area contributed by atoms with E-state index >= 15 is 0 Å². The lowest BCUT2D eigenvalue weighted by Gasteiger charge is -2.31. The van der Waals surface area contributed by atoms with Crippen LogP contribution in [0.25, 0.3) is 0 Å². The SMILES string of the molecule is Oc1c(Cl)cccc1CN[C@@](C#Cc1ccccc1)(c1cc(F)cc(C(F)(F)F)c1)c1ccc(Cl)cn1. The normalized spacial score (nSPS) is 12.9. The Morgan fingerprint density at radius 3 is 2.30 bits per heavy atom. The van der Waals surface area contributed by atoms with Crippen molar-refractivity contribution in [1.82, 2.24) is 10.3 Å². The van der Waals surface area contributed by atoms with Gasteiger partial charge in [0.25, 0.3) is 0 Å². The zero-order valence-corrected chi connectivity index (χ0v) is 20.5. The molecule has 0 aliphatic heterocycles. The Hall–Kier alpha value is -3.57. The van der Waals surface area contributed by atoms with Gasteiger partial charge in [-0.05, 0) is 54.1 Å². The number of rotatable bonds is 5. The second-order valence-corrected chi connectivity index (χ2v) is 8.90. The van der Waals surface area contributed by atoms with Gasteiger partial charge in [0.15, 0.2) is 0 Å². The fraction of sp³-hybridized carbons (Fsp3) is 0.107. The predicted octanol–water partition coefficient (Wildman–Crippen LogP) is 7.34. The number of nitrogens with zero attached hydrogens (tertiary/aromatic N) is 1. The first-order chi connectivity index (χ1) is 17.6. The molecule has 0 radical (unpaired) electrons. The predicted molar refractivity (Wildman–Crippen MR) is 135 cm³/mol. The van der Waals surface area contributed by atoms with Crippen molar-refractivity contribution in [2.24, 2.45) is 0 Å². The maximum Gasteiger partial charge on any atom is 0.416 e. The van der Waals surface area contributed by atoms with E-state index < -0.39 is 23.1 Å². The maximum absolute atomic E-state index is 14.6. The third-order valence-corrected chi connectivity index (χ3v) is 6.08. The summed E-state index contributed by atoms with van der Waals surface area (Å²) in [5.41, 5.74) is -1.99. The molecular weight excluding hydrogens is 527 g/mol. The summed E-state index contributed by atoms with van der Waals surface area (Å²) in [5, 5.41) is 13.9. The average molecular weight is 545 g/mol. The monoisotopic (exact) mass is 544 g/mol. The van der Waals surface area contributed by atoms with Gasteiger partial charge in [0, 0.05) is 23.9 Å². The molecule has 0 saturated heterocycles. The minimum absolute atomic E-state index is 0.0926. The standard InChI is InChI=1S/C28H18Cl2F4N2O/c29-22-9-10-25(35-17-22)27(12-11-18-5-2-1-3-6-18,36-16-19-7-4-8-24(30)26(19)37)20-13-21(28(32,33)34)15-23(31)14-20/h1-10,13-15,17,36-37H,16H2/t27-/m0/s1. The number of pyridine rings is 1. The van der Waals surface area contributed by atoms with E-state index in [0.29, 0.717) is 17.2 Å². The fourth-order valence-electron chi connectivity index (χ4n) is 3.71. The molecule has 0 aliphatic rings. The van der Waals surface area contributed by atoms with Gasteiger partial charge in [0.1, 0.15) is 17.1 Å². The van der Waals surface area contributed by atoms with Crippen LogP contribution < -0.4 is 5.32 Å². The quantitative estimate of drug-likeness (QED) is 0.204. The van der Waals surface area contributed by atoms with Gasteiger partial charge in [-0.3, -0.25) is 10.3 Å². The van der Waals surface area contributed by atoms with Crippen LogP contribution in [0.4, 0.5) is 17.6 Å². The molecular formula is C28H18Cl2F4N2O. The molecule has 2 N–H and O–H groups in total. The number of aromatic nitrogens is 1. The van der Waals surface area contributed by atoms with E-state index in [1.165, 1.54) is 24.4 Å². The first-order valence-corrected chi connectivity index (χ1v) is 11.6. The van der Waals surface area contributed by atoms with Crippen molar-refractivity contribution in [2.75, 3.05) is 0 Å². The second-order valence-electron chi connectivity index (χ2n) is 8.06. The molecule has 0 bridgehead atoms. The highest BCUT2D eigenvalue weighted by Crippen LogP contribution is 2.36. The van der Waals surface area contributed by atoms with E-state index in [-0.39, 0.29) is 33.6 Å². The van der Waals surface area contributed by atoms with Gasteiger partial charge >= 0.3 is 6.18 Å². The van der Waals surface area contributed by atoms with Crippen LogP contribution in [0.2, 0.25) is 10.0 Å². The molecule has 188 valence electrons. The summed E-state index contributed by atoms with van der Waals surface area (Å²) in [6.45, 7) is -0.0992. The van der Waals surface area contributed by atoms with Gasteiger partial charge in [-0.15, -0.1) is 0 Å². The highest BCUT2D eigenvalue weighted by atomic mass is 35.5. The highest BCUT2D eigenvalue weighted by molar-refractivity contribution is 6.32.